The normalized spacial score (nSPS) is 14.8. The van der Waals surface area contributed by atoms with Gasteiger partial charge in [0.05, 0.1) is 17.3 Å². The average molecular weight is 259 g/mol. The monoisotopic (exact) mass is 258 g/mol. The number of nitrogens with zero attached hydrogens (tertiary/aromatic N) is 1. The van der Waals surface area contributed by atoms with Crippen LogP contribution in [0.4, 0.5) is 0 Å². The van der Waals surface area contributed by atoms with Crippen molar-refractivity contribution in [2.75, 3.05) is 6.54 Å². The molecule has 1 N–H and O–H groups in total. The van der Waals surface area contributed by atoms with Crippen LogP contribution in [0.25, 0.3) is 10.9 Å². The summed E-state index contributed by atoms with van der Waals surface area (Å²) in [5, 5.41) is 1.93. The Morgan fingerprint density at radius 3 is 2.78 bits per heavy atom. The fourth-order valence-corrected chi connectivity index (χ4v) is 2.49. The lowest BCUT2D eigenvalue weighted by Gasteiger charge is -2.03. The second kappa shape index (κ2) is 4.29. The highest BCUT2D eigenvalue weighted by atomic mass is 35.5. The zero-order chi connectivity index (χ0) is 12.7. The minimum atomic E-state index is 0.489. The lowest BCUT2D eigenvalue weighted by Crippen LogP contribution is -1.95. The minimum Gasteiger partial charge on any atom is -0.358 e. The van der Waals surface area contributed by atoms with Gasteiger partial charge in [-0.15, -0.1) is 0 Å². The third kappa shape index (κ3) is 1.87. The van der Waals surface area contributed by atoms with Crippen LogP contribution in [-0.2, 0) is 0 Å². The van der Waals surface area contributed by atoms with E-state index in [-0.39, 0.29) is 0 Å². The number of halogens is 1. The van der Waals surface area contributed by atoms with Crippen LogP contribution in [0.3, 0.4) is 0 Å². The van der Waals surface area contributed by atoms with Crippen molar-refractivity contribution >= 4 is 28.2 Å². The van der Waals surface area contributed by atoms with E-state index in [1.54, 1.807) is 0 Å². The first-order valence-corrected chi connectivity index (χ1v) is 6.56. The maximum Gasteiger partial charge on any atom is 0.0663 e. The fraction of sp³-hybridized carbons (Fsp3) is 0.267. The van der Waals surface area contributed by atoms with Gasteiger partial charge >= 0.3 is 0 Å². The number of hydrogen-bond donors (Lipinski definition) is 1. The second-order valence-corrected chi connectivity index (χ2v) is 5.33. The molecule has 1 aliphatic heterocycles. The zero-order valence-corrected chi connectivity index (χ0v) is 11.3. The van der Waals surface area contributed by atoms with Gasteiger partial charge in [-0.1, -0.05) is 31.5 Å². The predicted molar refractivity (Wildman–Crippen MR) is 77.9 cm³/mol. The molecule has 1 aromatic carbocycles. The van der Waals surface area contributed by atoms with Crippen molar-refractivity contribution in [2.24, 2.45) is 4.99 Å². The third-order valence-corrected chi connectivity index (χ3v) is 3.58. The van der Waals surface area contributed by atoms with E-state index >= 15 is 0 Å². The number of fused-ring (bicyclic) bond motifs is 1. The number of hydrogen-bond acceptors (Lipinski definition) is 1. The van der Waals surface area contributed by atoms with Crippen molar-refractivity contribution in [3.8, 4) is 0 Å². The Labute approximate surface area is 111 Å². The van der Waals surface area contributed by atoms with Crippen LogP contribution in [0.5, 0.6) is 0 Å². The molecule has 0 bridgehead atoms. The van der Waals surface area contributed by atoms with Crippen molar-refractivity contribution in [2.45, 2.75) is 19.8 Å². The zero-order valence-electron chi connectivity index (χ0n) is 10.5. The summed E-state index contributed by atoms with van der Waals surface area (Å²) < 4.78 is 0. The first-order valence-electron chi connectivity index (χ1n) is 6.18. The number of nitrogens with one attached hydrogen (secondary N) is 1. The van der Waals surface area contributed by atoms with Crippen LogP contribution in [0.2, 0.25) is 5.02 Å². The number of aliphatic imine (C=N–C) groups is 1. The summed E-state index contributed by atoms with van der Waals surface area (Å²) in [6, 6.07) is 6.28. The highest BCUT2D eigenvalue weighted by Gasteiger charge is 2.12. The highest BCUT2D eigenvalue weighted by Crippen LogP contribution is 2.28. The summed E-state index contributed by atoms with van der Waals surface area (Å²) in [5.41, 5.74) is 4.35. The molecule has 2 aromatic rings. The molecule has 1 aliphatic rings. The fourth-order valence-electron chi connectivity index (χ4n) is 2.23. The molecule has 0 atom stereocenters. The summed E-state index contributed by atoms with van der Waals surface area (Å²) >= 11 is 6.34. The van der Waals surface area contributed by atoms with E-state index in [9.17, 15) is 0 Å². The Morgan fingerprint density at radius 2 is 2.11 bits per heavy atom. The minimum absolute atomic E-state index is 0.489. The maximum absolute atomic E-state index is 6.34. The van der Waals surface area contributed by atoms with Crippen molar-refractivity contribution in [1.29, 1.82) is 0 Å². The van der Waals surface area contributed by atoms with Crippen LogP contribution < -0.4 is 0 Å². The summed E-state index contributed by atoms with van der Waals surface area (Å²) in [5.74, 6) is 0.489. The molecule has 0 spiro atoms. The molecule has 0 fully saturated rings. The molecule has 18 heavy (non-hydrogen) atoms. The Kier molecular flexibility index (Phi) is 2.75. The Balaban J connectivity index is 2.17. The molecule has 2 nitrogen and oxygen atoms in total. The number of rotatable bonds is 2. The standard InChI is InChI=1S/C15H15ClN2/c1-9(2)14-7-10-6-12(16)11(8-15(10)18-14)13-4-3-5-17-13/h3-4,6-9,18H,5H2,1-2H3. The number of allylic oxidation sites excluding steroid dienone is 1. The Bertz CT molecular complexity index is 662. The number of aromatic amines is 1. The van der Waals surface area contributed by atoms with Gasteiger partial charge < -0.3 is 4.98 Å². The van der Waals surface area contributed by atoms with E-state index in [0.717, 1.165) is 33.7 Å². The molecule has 0 unspecified atom stereocenters. The van der Waals surface area contributed by atoms with Crippen LogP contribution in [0.1, 0.15) is 31.0 Å². The van der Waals surface area contributed by atoms with Gasteiger partial charge in [0.1, 0.15) is 0 Å². The molecule has 0 amide bonds. The van der Waals surface area contributed by atoms with Gasteiger partial charge in [-0.25, -0.2) is 0 Å². The number of H-pyrrole nitrogens is 1. The number of benzene rings is 1. The molecule has 0 saturated heterocycles. The van der Waals surface area contributed by atoms with Gasteiger partial charge in [0.15, 0.2) is 0 Å². The van der Waals surface area contributed by atoms with Crippen molar-refractivity contribution < 1.29 is 0 Å². The third-order valence-electron chi connectivity index (χ3n) is 3.27. The highest BCUT2D eigenvalue weighted by molar-refractivity contribution is 6.36. The average Bonchev–Trinajstić information content (AvgIpc) is 2.95. The van der Waals surface area contributed by atoms with Crippen molar-refractivity contribution in [1.82, 2.24) is 4.98 Å². The molecule has 3 rings (SSSR count). The van der Waals surface area contributed by atoms with E-state index in [2.05, 4.69) is 36.0 Å². The Morgan fingerprint density at radius 1 is 1.28 bits per heavy atom. The first-order chi connectivity index (χ1) is 8.65. The van der Waals surface area contributed by atoms with Crippen LogP contribution in [-0.4, -0.2) is 17.2 Å². The van der Waals surface area contributed by atoms with Crippen molar-refractivity contribution in [3.05, 3.63) is 46.6 Å². The van der Waals surface area contributed by atoms with E-state index in [0.29, 0.717) is 5.92 Å². The SMILES string of the molecule is CC(C)c1cc2cc(Cl)c(C3=NCC=C3)cc2[nH]1. The molecule has 0 saturated carbocycles. The van der Waals surface area contributed by atoms with Gasteiger partial charge in [-0.3, -0.25) is 4.99 Å². The topological polar surface area (TPSA) is 28.1 Å². The molecule has 0 radical (unpaired) electrons. The summed E-state index contributed by atoms with van der Waals surface area (Å²) in [6.45, 7) is 5.11. The lowest BCUT2D eigenvalue weighted by atomic mass is 10.1. The van der Waals surface area contributed by atoms with E-state index in [1.807, 2.05) is 18.2 Å². The largest absolute Gasteiger partial charge is 0.358 e. The number of aromatic nitrogens is 1. The maximum atomic E-state index is 6.34. The van der Waals surface area contributed by atoms with Crippen LogP contribution in [0, 0.1) is 0 Å². The molecule has 0 aliphatic carbocycles. The van der Waals surface area contributed by atoms with Crippen LogP contribution >= 0.6 is 11.6 Å². The van der Waals surface area contributed by atoms with Crippen molar-refractivity contribution in [3.63, 3.8) is 0 Å². The predicted octanol–water partition coefficient (Wildman–Crippen LogP) is 4.30. The molecule has 2 heterocycles. The van der Waals surface area contributed by atoms with Gasteiger partial charge in [0, 0.05) is 22.2 Å². The van der Waals surface area contributed by atoms with Gasteiger partial charge in [-0.05, 0) is 30.2 Å². The molecule has 92 valence electrons. The summed E-state index contributed by atoms with van der Waals surface area (Å²) in [7, 11) is 0. The quantitative estimate of drug-likeness (QED) is 0.832. The second-order valence-electron chi connectivity index (χ2n) is 4.93. The first kappa shape index (κ1) is 11.5. The lowest BCUT2D eigenvalue weighted by molar-refractivity contribution is 0.836. The summed E-state index contributed by atoms with van der Waals surface area (Å²) in [6.07, 6.45) is 4.07. The molecular weight excluding hydrogens is 244 g/mol. The van der Waals surface area contributed by atoms with E-state index in [1.165, 1.54) is 5.69 Å². The van der Waals surface area contributed by atoms with E-state index < -0.39 is 0 Å². The van der Waals surface area contributed by atoms with Gasteiger partial charge in [0.25, 0.3) is 0 Å². The van der Waals surface area contributed by atoms with E-state index in [4.69, 9.17) is 11.6 Å². The molecular formula is C15H15ClN2. The van der Waals surface area contributed by atoms with Gasteiger partial charge in [0.2, 0.25) is 0 Å². The summed E-state index contributed by atoms with van der Waals surface area (Å²) in [4.78, 5) is 7.87. The molecule has 3 heteroatoms. The van der Waals surface area contributed by atoms with Crippen LogP contribution in [0.15, 0.2) is 35.3 Å². The molecule has 1 aromatic heterocycles. The smallest absolute Gasteiger partial charge is 0.0663 e. The van der Waals surface area contributed by atoms with Gasteiger partial charge in [-0.2, -0.15) is 0 Å². The Hall–Kier alpha value is -1.54.